The molecule has 3 aromatic rings. The molecule has 0 saturated carbocycles. The Morgan fingerprint density at radius 3 is 3.11 bits per heavy atom. The number of hydrogen-bond donors (Lipinski definition) is 1. The number of rotatable bonds is 5. The molecule has 0 unspecified atom stereocenters. The minimum absolute atomic E-state index is 0.457. The van der Waals surface area contributed by atoms with Crippen LogP contribution in [0.5, 0.6) is 0 Å². The lowest BCUT2D eigenvalue weighted by atomic mass is 10.2. The first-order valence-corrected chi connectivity index (χ1v) is 6.50. The van der Waals surface area contributed by atoms with E-state index in [1.54, 1.807) is 11.3 Å². The molecule has 0 radical (unpaired) electrons. The zero-order valence-corrected chi connectivity index (χ0v) is 10.4. The number of hydrogen-bond acceptors (Lipinski definition) is 6. The first-order chi connectivity index (χ1) is 8.92. The maximum absolute atomic E-state index is 5.16. The van der Waals surface area contributed by atoms with E-state index in [-0.39, 0.29) is 0 Å². The lowest BCUT2D eigenvalue weighted by Crippen LogP contribution is -1.89. The maximum atomic E-state index is 5.16. The summed E-state index contributed by atoms with van der Waals surface area (Å²) >= 11 is 1.77. The van der Waals surface area contributed by atoms with Gasteiger partial charge in [0.05, 0.1) is 0 Å². The Hall–Kier alpha value is -2.02. The van der Waals surface area contributed by atoms with Crippen molar-refractivity contribution in [1.82, 2.24) is 25.3 Å². The van der Waals surface area contributed by atoms with Crippen LogP contribution in [0.2, 0.25) is 0 Å². The van der Waals surface area contributed by atoms with Crippen molar-refractivity contribution >= 4 is 11.3 Å². The summed E-state index contributed by atoms with van der Waals surface area (Å²) in [4.78, 5) is 9.61. The fraction of sp³-hybridized carbons (Fsp3) is 0.273. The molecule has 0 fully saturated rings. The Bertz CT molecular complexity index is 587. The van der Waals surface area contributed by atoms with E-state index in [9.17, 15) is 0 Å². The molecule has 0 bridgehead atoms. The Morgan fingerprint density at radius 2 is 2.33 bits per heavy atom. The van der Waals surface area contributed by atoms with Crippen LogP contribution in [0.15, 0.2) is 28.4 Å². The molecule has 0 aromatic carbocycles. The van der Waals surface area contributed by atoms with Crippen LogP contribution in [0.25, 0.3) is 11.6 Å². The quantitative estimate of drug-likeness (QED) is 0.760. The molecule has 0 aliphatic rings. The normalized spacial score (nSPS) is 10.9. The molecule has 0 atom stereocenters. The molecule has 0 aliphatic carbocycles. The van der Waals surface area contributed by atoms with Gasteiger partial charge in [0.15, 0.2) is 5.82 Å². The third-order valence-electron chi connectivity index (χ3n) is 2.49. The molecular formula is C11H11N5OS. The largest absolute Gasteiger partial charge is 0.339 e. The zero-order valence-electron chi connectivity index (χ0n) is 9.54. The van der Waals surface area contributed by atoms with Gasteiger partial charge in [-0.1, -0.05) is 11.2 Å². The highest BCUT2D eigenvalue weighted by Gasteiger charge is 2.10. The molecule has 0 aliphatic heterocycles. The molecule has 0 amide bonds. The average molecular weight is 261 g/mol. The lowest BCUT2D eigenvalue weighted by Gasteiger charge is -1.93. The number of H-pyrrole nitrogens is 1. The van der Waals surface area contributed by atoms with Crippen LogP contribution < -0.4 is 0 Å². The summed E-state index contributed by atoms with van der Waals surface area (Å²) in [7, 11) is 0. The van der Waals surface area contributed by atoms with Crippen LogP contribution in [0.3, 0.4) is 0 Å². The third kappa shape index (κ3) is 2.45. The van der Waals surface area contributed by atoms with Crippen LogP contribution in [0, 0.1) is 0 Å². The highest BCUT2D eigenvalue weighted by Crippen LogP contribution is 2.14. The summed E-state index contributed by atoms with van der Waals surface area (Å²) in [6.45, 7) is 0. The number of nitrogens with one attached hydrogen (secondary N) is 1. The van der Waals surface area contributed by atoms with E-state index in [0.717, 1.165) is 19.3 Å². The molecule has 0 spiro atoms. The Labute approximate surface area is 107 Å². The molecule has 18 heavy (non-hydrogen) atoms. The summed E-state index contributed by atoms with van der Waals surface area (Å²) in [6, 6.07) is 4.20. The van der Waals surface area contributed by atoms with Gasteiger partial charge < -0.3 is 4.52 Å². The number of nitrogens with zero attached hydrogens (tertiary/aromatic N) is 4. The van der Waals surface area contributed by atoms with E-state index in [1.165, 1.54) is 11.2 Å². The minimum atomic E-state index is 0.457. The topological polar surface area (TPSA) is 80.5 Å². The van der Waals surface area contributed by atoms with Gasteiger partial charge in [-0.05, 0) is 24.3 Å². The van der Waals surface area contributed by atoms with Gasteiger partial charge >= 0.3 is 0 Å². The minimum Gasteiger partial charge on any atom is -0.339 e. The van der Waals surface area contributed by atoms with E-state index >= 15 is 0 Å². The second-order valence-corrected chi connectivity index (χ2v) is 4.81. The van der Waals surface area contributed by atoms with E-state index in [2.05, 4.69) is 42.8 Å². The smallest absolute Gasteiger partial charge is 0.239 e. The maximum Gasteiger partial charge on any atom is 0.239 e. The second kappa shape index (κ2) is 5.09. The first kappa shape index (κ1) is 11.1. The Balaban J connectivity index is 1.57. The fourth-order valence-corrected chi connectivity index (χ4v) is 2.39. The molecule has 3 heterocycles. The predicted molar refractivity (Wildman–Crippen MR) is 66.0 cm³/mol. The standard InChI is InChI=1S/C11H11N5OS/c1(3-8-4-2-6-18-8)5-9-14-11(16-17-9)10-12-7-13-15-10/h2,4,6-7H,1,3,5H2,(H,12,13,15). The van der Waals surface area contributed by atoms with Crippen molar-refractivity contribution in [3.8, 4) is 11.6 Å². The summed E-state index contributed by atoms with van der Waals surface area (Å²) in [6.07, 6.45) is 4.23. The summed E-state index contributed by atoms with van der Waals surface area (Å²) in [5.41, 5.74) is 0. The van der Waals surface area contributed by atoms with Gasteiger partial charge in [-0.25, -0.2) is 4.98 Å². The van der Waals surface area contributed by atoms with Crippen LogP contribution in [-0.2, 0) is 12.8 Å². The van der Waals surface area contributed by atoms with Crippen molar-refractivity contribution in [3.63, 3.8) is 0 Å². The van der Waals surface area contributed by atoms with Crippen molar-refractivity contribution in [2.24, 2.45) is 0 Å². The summed E-state index contributed by atoms with van der Waals surface area (Å²) in [5.74, 6) is 1.62. The number of aryl methyl sites for hydroxylation is 2. The second-order valence-electron chi connectivity index (χ2n) is 3.78. The van der Waals surface area contributed by atoms with Gasteiger partial charge in [0.1, 0.15) is 6.33 Å². The first-order valence-electron chi connectivity index (χ1n) is 5.62. The molecule has 92 valence electrons. The Morgan fingerprint density at radius 1 is 1.33 bits per heavy atom. The summed E-state index contributed by atoms with van der Waals surface area (Å²) in [5, 5.41) is 12.4. The predicted octanol–water partition coefficient (Wildman–Crippen LogP) is 2.09. The Kier molecular flexibility index (Phi) is 3.14. The molecule has 7 heteroatoms. The SMILES string of the molecule is c1csc(CCCc2nc(-c3ncn[nH]3)no2)c1. The van der Waals surface area contributed by atoms with Gasteiger partial charge in [-0.15, -0.1) is 11.3 Å². The average Bonchev–Trinajstić information content (AvgIpc) is 3.12. The van der Waals surface area contributed by atoms with Crippen LogP contribution >= 0.6 is 11.3 Å². The third-order valence-corrected chi connectivity index (χ3v) is 3.43. The lowest BCUT2D eigenvalue weighted by molar-refractivity contribution is 0.376. The zero-order chi connectivity index (χ0) is 12.2. The van der Waals surface area contributed by atoms with Gasteiger partial charge in [-0.3, -0.25) is 5.10 Å². The van der Waals surface area contributed by atoms with E-state index in [4.69, 9.17) is 4.52 Å². The van der Waals surface area contributed by atoms with Crippen molar-refractivity contribution in [2.75, 3.05) is 0 Å². The van der Waals surface area contributed by atoms with Crippen molar-refractivity contribution in [1.29, 1.82) is 0 Å². The molecule has 3 aromatic heterocycles. The number of aromatic nitrogens is 5. The van der Waals surface area contributed by atoms with E-state index in [1.807, 2.05) is 0 Å². The van der Waals surface area contributed by atoms with Gasteiger partial charge in [-0.2, -0.15) is 10.1 Å². The van der Waals surface area contributed by atoms with Crippen LogP contribution in [0.4, 0.5) is 0 Å². The molecular weight excluding hydrogens is 250 g/mol. The van der Waals surface area contributed by atoms with Crippen molar-refractivity contribution < 1.29 is 4.52 Å². The van der Waals surface area contributed by atoms with Gasteiger partial charge in [0.25, 0.3) is 0 Å². The van der Waals surface area contributed by atoms with E-state index < -0.39 is 0 Å². The molecule has 0 saturated heterocycles. The molecule has 6 nitrogen and oxygen atoms in total. The number of aromatic amines is 1. The van der Waals surface area contributed by atoms with Crippen LogP contribution in [-0.4, -0.2) is 25.3 Å². The van der Waals surface area contributed by atoms with E-state index in [0.29, 0.717) is 17.5 Å². The highest BCUT2D eigenvalue weighted by molar-refractivity contribution is 7.09. The van der Waals surface area contributed by atoms with Crippen LogP contribution in [0.1, 0.15) is 17.2 Å². The molecule has 1 N–H and O–H groups in total. The van der Waals surface area contributed by atoms with Crippen molar-refractivity contribution in [2.45, 2.75) is 19.3 Å². The number of thiophene rings is 1. The molecule has 3 rings (SSSR count). The summed E-state index contributed by atoms with van der Waals surface area (Å²) < 4.78 is 5.16. The van der Waals surface area contributed by atoms with Gasteiger partial charge in [0, 0.05) is 11.3 Å². The van der Waals surface area contributed by atoms with Crippen molar-refractivity contribution in [3.05, 3.63) is 34.6 Å². The monoisotopic (exact) mass is 261 g/mol. The van der Waals surface area contributed by atoms with Gasteiger partial charge in [0.2, 0.25) is 11.7 Å². The fourth-order valence-electron chi connectivity index (χ4n) is 1.63. The highest BCUT2D eigenvalue weighted by atomic mass is 32.1.